The molecular weight excluding hydrogens is 282 g/mol. The number of amides is 1. The monoisotopic (exact) mass is 301 g/mol. The molecule has 0 bridgehead atoms. The fraction of sp³-hybridized carbons (Fsp3) is 0.235. The van der Waals surface area contributed by atoms with E-state index < -0.39 is 6.10 Å². The van der Waals surface area contributed by atoms with Gasteiger partial charge < -0.3 is 19.9 Å². The summed E-state index contributed by atoms with van der Waals surface area (Å²) in [5.74, 6) is 0.903. The van der Waals surface area contributed by atoms with Crippen LogP contribution in [-0.4, -0.2) is 31.8 Å². The summed E-state index contributed by atoms with van der Waals surface area (Å²) in [6.07, 6.45) is -0.826. The minimum Gasteiger partial charge on any atom is -0.493 e. The fourth-order valence-corrected chi connectivity index (χ4v) is 2.06. The first kappa shape index (κ1) is 15.9. The number of nitrogens with one attached hydrogen (secondary N) is 1. The summed E-state index contributed by atoms with van der Waals surface area (Å²) in [4.78, 5) is 11.9. The van der Waals surface area contributed by atoms with Crippen molar-refractivity contribution in [1.29, 1.82) is 0 Å². The summed E-state index contributed by atoms with van der Waals surface area (Å²) in [6.45, 7) is 0.114. The van der Waals surface area contributed by atoms with Gasteiger partial charge in [0.15, 0.2) is 11.5 Å². The maximum Gasteiger partial charge on any atom is 0.251 e. The molecule has 0 saturated heterocycles. The van der Waals surface area contributed by atoms with Crippen molar-refractivity contribution in [3.8, 4) is 11.5 Å². The first-order valence-electron chi connectivity index (χ1n) is 6.89. The Labute approximate surface area is 129 Å². The third-order valence-electron chi connectivity index (χ3n) is 3.28. The fourth-order valence-electron chi connectivity index (χ4n) is 2.06. The molecule has 2 rings (SSSR count). The lowest BCUT2D eigenvalue weighted by atomic mass is 10.1. The molecule has 116 valence electrons. The smallest absolute Gasteiger partial charge is 0.251 e. The van der Waals surface area contributed by atoms with Crippen molar-refractivity contribution in [2.24, 2.45) is 0 Å². The van der Waals surface area contributed by atoms with E-state index in [-0.39, 0.29) is 12.5 Å². The number of methoxy groups -OCH3 is 2. The average Bonchev–Trinajstić information content (AvgIpc) is 2.59. The number of ether oxygens (including phenoxy) is 2. The molecule has 0 aromatic heterocycles. The number of hydrogen-bond donors (Lipinski definition) is 2. The normalized spacial score (nSPS) is 11.6. The predicted molar refractivity (Wildman–Crippen MR) is 83.3 cm³/mol. The molecule has 0 aliphatic rings. The molecule has 0 saturated carbocycles. The average molecular weight is 301 g/mol. The van der Waals surface area contributed by atoms with Crippen LogP contribution in [0.5, 0.6) is 11.5 Å². The summed E-state index contributed by atoms with van der Waals surface area (Å²) in [5.41, 5.74) is 1.20. The van der Waals surface area contributed by atoms with Crippen LogP contribution in [0.25, 0.3) is 0 Å². The van der Waals surface area contributed by atoms with Crippen LogP contribution in [0.4, 0.5) is 0 Å². The zero-order chi connectivity index (χ0) is 15.9. The van der Waals surface area contributed by atoms with Gasteiger partial charge in [-0.3, -0.25) is 4.79 Å². The quantitative estimate of drug-likeness (QED) is 0.858. The molecule has 22 heavy (non-hydrogen) atoms. The van der Waals surface area contributed by atoms with Crippen LogP contribution in [-0.2, 0) is 0 Å². The Morgan fingerprint density at radius 3 is 2.41 bits per heavy atom. The van der Waals surface area contributed by atoms with Crippen LogP contribution in [0.3, 0.4) is 0 Å². The second kappa shape index (κ2) is 7.47. The summed E-state index contributed by atoms with van der Waals surface area (Å²) < 4.78 is 10.3. The Morgan fingerprint density at radius 1 is 1.09 bits per heavy atom. The Hall–Kier alpha value is -2.53. The summed E-state index contributed by atoms with van der Waals surface area (Å²) in [6, 6.07) is 14.0. The van der Waals surface area contributed by atoms with Gasteiger partial charge in [-0.15, -0.1) is 0 Å². The van der Waals surface area contributed by atoms with Crippen molar-refractivity contribution >= 4 is 5.91 Å². The van der Waals surface area contributed by atoms with E-state index in [9.17, 15) is 9.90 Å². The zero-order valence-corrected chi connectivity index (χ0v) is 12.6. The number of carbonyl (C=O) groups is 1. The molecule has 5 heteroatoms. The van der Waals surface area contributed by atoms with E-state index in [1.54, 1.807) is 49.6 Å². The lowest BCUT2D eigenvalue weighted by Crippen LogP contribution is -2.28. The third kappa shape index (κ3) is 3.77. The Morgan fingerprint density at radius 2 is 1.77 bits per heavy atom. The summed E-state index contributed by atoms with van der Waals surface area (Å²) >= 11 is 0. The highest BCUT2D eigenvalue weighted by molar-refractivity contribution is 5.94. The lowest BCUT2D eigenvalue weighted by molar-refractivity contribution is 0.0916. The number of aliphatic hydroxyl groups is 1. The van der Waals surface area contributed by atoms with Crippen molar-refractivity contribution < 1.29 is 19.4 Å². The zero-order valence-electron chi connectivity index (χ0n) is 12.6. The molecule has 1 atom stereocenters. The van der Waals surface area contributed by atoms with E-state index >= 15 is 0 Å². The molecule has 2 aromatic rings. The van der Waals surface area contributed by atoms with E-state index in [2.05, 4.69) is 5.32 Å². The van der Waals surface area contributed by atoms with Gasteiger partial charge in [0.25, 0.3) is 5.91 Å². The Kier molecular flexibility index (Phi) is 5.38. The first-order chi connectivity index (χ1) is 10.7. The summed E-state index contributed by atoms with van der Waals surface area (Å²) in [7, 11) is 3.08. The largest absolute Gasteiger partial charge is 0.493 e. The topological polar surface area (TPSA) is 67.8 Å². The van der Waals surface area contributed by atoms with Gasteiger partial charge in [0, 0.05) is 12.1 Å². The molecule has 0 spiro atoms. The van der Waals surface area contributed by atoms with Crippen LogP contribution in [0.2, 0.25) is 0 Å². The van der Waals surface area contributed by atoms with Crippen molar-refractivity contribution in [2.75, 3.05) is 20.8 Å². The minimum absolute atomic E-state index is 0.114. The second-order valence-corrected chi connectivity index (χ2v) is 4.71. The van der Waals surface area contributed by atoms with E-state index in [0.29, 0.717) is 22.6 Å². The molecule has 0 heterocycles. The van der Waals surface area contributed by atoms with Gasteiger partial charge in [-0.2, -0.15) is 0 Å². The highest BCUT2D eigenvalue weighted by Crippen LogP contribution is 2.29. The van der Waals surface area contributed by atoms with Crippen molar-refractivity contribution in [2.45, 2.75) is 6.10 Å². The standard InChI is InChI=1S/C17H19NO4/c1-21-15-9-8-13(10-16(15)22-2)14(19)11-18-17(20)12-6-4-3-5-7-12/h3-10,14,19H,11H2,1-2H3,(H,18,20)/t14-/m1/s1. The van der Waals surface area contributed by atoms with Gasteiger partial charge in [-0.25, -0.2) is 0 Å². The Balaban J connectivity index is 2.00. The van der Waals surface area contributed by atoms with Crippen molar-refractivity contribution in [3.63, 3.8) is 0 Å². The molecule has 0 unspecified atom stereocenters. The van der Waals surface area contributed by atoms with Gasteiger partial charge >= 0.3 is 0 Å². The Bertz CT molecular complexity index is 628. The number of carbonyl (C=O) groups excluding carboxylic acids is 1. The van der Waals surface area contributed by atoms with Crippen LogP contribution in [0, 0.1) is 0 Å². The molecule has 2 N–H and O–H groups in total. The summed E-state index contributed by atoms with van der Waals surface area (Å²) in [5, 5.41) is 12.9. The third-order valence-corrected chi connectivity index (χ3v) is 3.28. The number of aliphatic hydroxyl groups excluding tert-OH is 1. The van der Waals surface area contributed by atoms with E-state index in [4.69, 9.17) is 9.47 Å². The lowest BCUT2D eigenvalue weighted by Gasteiger charge is -2.15. The molecule has 0 aliphatic carbocycles. The van der Waals surface area contributed by atoms with Gasteiger partial charge in [-0.05, 0) is 29.8 Å². The van der Waals surface area contributed by atoms with Crippen molar-refractivity contribution in [1.82, 2.24) is 5.32 Å². The van der Waals surface area contributed by atoms with Crippen LogP contribution < -0.4 is 14.8 Å². The van der Waals surface area contributed by atoms with Gasteiger partial charge in [0.2, 0.25) is 0 Å². The first-order valence-corrected chi connectivity index (χ1v) is 6.89. The van der Waals surface area contributed by atoms with Crippen LogP contribution >= 0.6 is 0 Å². The molecule has 0 fully saturated rings. The number of hydrogen-bond acceptors (Lipinski definition) is 4. The highest BCUT2D eigenvalue weighted by atomic mass is 16.5. The minimum atomic E-state index is -0.826. The van der Waals surface area contributed by atoms with E-state index in [0.717, 1.165) is 0 Å². The van der Waals surface area contributed by atoms with Crippen LogP contribution in [0.1, 0.15) is 22.0 Å². The highest BCUT2D eigenvalue weighted by Gasteiger charge is 2.13. The molecule has 0 aliphatic heterocycles. The van der Waals surface area contributed by atoms with Crippen LogP contribution in [0.15, 0.2) is 48.5 Å². The predicted octanol–water partition coefficient (Wildman–Crippen LogP) is 2.17. The van der Waals surface area contributed by atoms with E-state index in [1.165, 1.54) is 7.11 Å². The maximum absolute atomic E-state index is 11.9. The van der Waals surface area contributed by atoms with Crippen molar-refractivity contribution in [3.05, 3.63) is 59.7 Å². The maximum atomic E-state index is 11.9. The molecule has 0 radical (unpaired) electrons. The molecule has 1 amide bonds. The number of benzene rings is 2. The number of rotatable bonds is 6. The van der Waals surface area contributed by atoms with Gasteiger partial charge in [0.1, 0.15) is 0 Å². The van der Waals surface area contributed by atoms with E-state index in [1.807, 2.05) is 6.07 Å². The second-order valence-electron chi connectivity index (χ2n) is 4.71. The molecular formula is C17H19NO4. The molecule has 5 nitrogen and oxygen atoms in total. The molecule has 2 aromatic carbocycles. The van der Waals surface area contributed by atoms with Gasteiger partial charge in [-0.1, -0.05) is 24.3 Å². The SMILES string of the molecule is COc1ccc([C@H](O)CNC(=O)c2ccccc2)cc1OC. The van der Waals surface area contributed by atoms with Gasteiger partial charge in [0.05, 0.1) is 20.3 Å².